The van der Waals surface area contributed by atoms with Gasteiger partial charge in [-0.05, 0) is 61.1 Å². The highest BCUT2D eigenvalue weighted by Crippen LogP contribution is 2.32. The molecule has 3 amide bonds. The lowest BCUT2D eigenvalue weighted by molar-refractivity contribution is -0.141. The van der Waals surface area contributed by atoms with Crippen LogP contribution in [0.1, 0.15) is 48.4 Å². The summed E-state index contributed by atoms with van der Waals surface area (Å²) in [5, 5.41) is 8.57. The molecule has 40 heavy (non-hydrogen) atoms. The Morgan fingerprint density at radius 1 is 1.15 bits per heavy atom. The summed E-state index contributed by atoms with van der Waals surface area (Å²) in [6.07, 6.45) is -1.92. The number of nitrogens with one attached hydrogen (secondary N) is 1. The number of alkyl halides is 3. The molecule has 1 unspecified atom stereocenters. The summed E-state index contributed by atoms with van der Waals surface area (Å²) < 4.78 is 45.2. The van der Waals surface area contributed by atoms with Crippen molar-refractivity contribution in [2.75, 3.05) is 33.4 Å². The first kappa shape index (κ1) is 29.5. The van der Waals surface area contributed by atoms with Crippen molar-refractivity contribution in [1.29, 1.82) is 0 Å². The van der Waals surface area contributed by atoms with Crippen LogP contribution in [0.3, 0.4) is 0 Å². The number of amides is 3. The van der Waals surface area contributed by atoms with Gasteiger partial charge in [-0.1, -0.05) is 35.9 Å². The molecule has 1 saturated heterocycles. The Morgan fingerprint density at radius 2 is 1.88 bits per heavy atom. The van der Waals surface area contributed by atoms with E-state index in [4.69, 9.17) is 16.3 Å². The van der Waals surface area contributed by atoms with Crippen molar-refractivity contribution in [3.05, 3.63) is 70.2 Å². The van der Waals surface area contributed by atoms with Crippen LogP contribution in [0.25, 0.3) is 0 Å². The second kappa shape index (κ2) is 12.8. The van der Waals surface area contributed by atoms with Crippen LogP contribution in [0.15, 0.2) is 53.6 Å². The van der Waals surface area contributed by atoms with Gasteiger partial charge in [0, 0.05) is 31.8 Å². The minimum Gasteiger partial charge on any atom is -0.385 e. The molecule has 2 aromatic rings. The minimum absolute atomic E-state index is 0.00852. The van der Waals surface area contributed by atoms with Crippen LogP contribution in [0, 0.1) is 5.92 Å². The molecule has 0 radical (unpaired) electrons. The SMILES string of the molecule is COCCCCC1C(=O)N(CC(=O)N[C@@H](C(=O)N2CCC2)c2cccc(C(F)(F)F)c2)N=C1c1ccc(Cl)cc1. The summed E-state index contributed by atoms with van der Waals surface area (Å²) in [6.45, 7) is 0.957. The van der Waals surface area contributed by atoms with E-state index in [9.17, 15) is 27.6 Å². The number of hydrogen-bond acceptors (Lipinski definition) is 5. The van der Waals surface area contributed by atoms with Gasteiger partial charge in [-0.2, -0.15) is 18.3 Å². The van der Waals surface area contributed by atoms with E-state index in [1.807, 2.05) is 0 Å². The number of methoxy groups -OCH3 is 1. The molecule has 2 atom stereocenters. The topological polar surface area (TPSA) is 91.3 Å². The quantitative estimate of drug-likeness (QED) is 0.400. The molecule has 4 rings (SSSR count). The number of hydrazone groups is 1. The van der Waals surface area contributed by atoms with E-state index in [1.54, 1.807) is 31.4 Å². The molecule has 0 saturated carbocycles. The Hall–Kier alpha value is -3.44. The highest BCUT2D eigenvalue weighted by atomic mass is 35.5. The second-order valence-corrected chi connectivity index (χ2v) is 10.2. The van der Waals surface area contributed by atoms with E-state index in [1.165, 1.54) is 17.0 Å². The van der Waals surface area contributed by atoms with Crippen LogP contribution < -0.4 is 5.32 Å². The third-order valence-corrected chi connectivity index (χ3v) is 7.15. The van der Waals surface area contributed by atoms with Crippen molar-refractivity contribution in [2.24, 2.45) is 11.0 Å². The van der Waals surface area contributed by atoms with Crippen molar-refractivity contribution >= 4 is 35.0 Å². The number of rotatable bonds is 11. The van der Waals surface area contributed by atoms with Gasteiger partial charge in [0.1, 0.15) is 12.6 Å². The number of nitrogens with zero attached hydrogens (tertiary/aromatic N) is 3. The fourth-order valence-electron chi connectivity index (χ4n) is 4.64. The van der Waals surface area contributed by atoms with Gasteiger partial charge in [-0.25, -0.2) is 5.01 Å². The van der Waals surface area contributed by atoms with Gasteiger partial charge in [-0.15, -0.1) is 0 Å². The van der Waals surface area contributed by atoms with Crippen LogP contribution in [0.2, 0.25) is 5.02 Å². The summed E-state index contributed by atoms with van der Waals surface area (Å²) in [5.74, 6) is -2.19. The number of carbonyl (C=O) groups excluding carboxylic acids is 3. The number of hydrogen-bond donors (Lipinski definition) is 1. The number of halogens is 4. The Bertz CT molecular complexity index is 1260. The average molecular weight is 579 g/mol. The van der Waals surface area contributed by atoms with E-state index in [-0.39, 0.29) is 11.5 Å². The van der Waals surface area contributed by atoms with Gasteiger partial charge >= 0.3 is 6.18 Å². The first-order valence-corrected chi connectivity index (χ1v) is 13.4. The van der Waals surface area contributed by atoms with Crippen molar-refractivity contribution in [3.63, 3.8) is 0 Å². The van der Waals surface area contributed by atoms with E-state index < -0.39 is 42.1 Å². The maximum Gasteiger partial charge on any atom is 0.416 e. The molecule has 1 fully saturated rings. The molecular formula is C28H30ClF3N4O4. The minimum atomic E-state index is -4.61. The Morgan fingerprint density at radius 3 is 2.50 bits per heavy atom. The number of benzene rings is 2. The molecule has 0 bridgehead atoms. The van der Waals surface area contributed by atoms with Crippen LogP contribution in [0.5, 0.6) is 0 Å². The first-order valence-electron chi connectivity index (χ1n) is 13.0. The molecular weight excluding hydrogens is 549 g/mol. The Kier molecular flexibility index (Phi) is 9.47. The summed E-state index contributed by atoms with van der Waals surface area (Å²) >= 11 is 6.02. The zero-order chi connectivity index (χ0) is 28.9. The van der Waals surface area contributed by atoms with Crippen LogP contribution >= 0.6 is 11.6 Å². The van der Waals surface area contributed by atoms with Gasteiger partial charge in [0.15, 0.2) is 0 Å². The highest BCUT2D eigenvalue weighted by molar-refractivity contribution is 6.30. The molecule has 2 aliphatic rings. The summed E-state index contributed by atoms with van der Waals surface area (Å²) in [6, 6.07) is 9.84. The number of ether oxygens (including phenoxy) is 1. The van der Waals surface area contributed by atoms with E-state index in [0.29, 0.717) is 48.8 Å². The van der Waals surface area contributed by atoms with Gasteiger partial charge in [0.25, 0.3) is 5.91 Å². The van der Waals surface area contributed by atoms with Crippen molar-refractivity contribution in [1.82, 2.24) is 15.2 Å². The smallest absolute Gasteiger partial charge is 0.385 e. The molecule has 214 valence electrons. The Labute approximate surface area is 235 Å². The van der Waals surface area contributed by atoms with Crippen LogP contribution in [0.4, 0.5) is 13.2 Å². The third-order valence-electron chi connectivity index (χ3n) is 6.90. The lowest BCUT2D eigenvalue weighted by atomic mass is 9.92. The molecule has 0 spiro atoms. The van der Waals surface area contributed by atoms with Gasteiger partial charge in [0.2, 0.25) is 11.8 Å². The zero-order valence-corrected chi connectivity index (χ0v) is 22.7. The molecule has 0 aromatic heterocycles. The zero-order valence-electron chi connectivity index (χ0n) is 21.9. The normalized spacial score (nSPS) is 17.9. The summed E-state index contributed by atoms with van der Waals surface area (Å²) in [5.41, 5.74) is 0.267. The van der Waals surface area contributed by atoms with Crippen molar-refractivity contribution < 1.29 is 32.3 Å². The van der Waals surface area contributed by atoms with E-state index >= 15 is 0 Å². The lowest BCUT2D eigenvalue weighted by Crippen LogP contribution is -2.50. The Balaban J connectivity index is 1.54. The number of unbranched alkanes of at least 4 members (excludes halogenated alkanes) is 1. The number of likely N-dealkylation sites (tertiary alicyclic amines) is 1. The molecule has 2 aliphatic heterocycles. The molecule has 1 N–H and O–H groups in total. The second-order valence-electron chi connectivity index (χ2n) is 9.73. The third kappa shape index (κ3) is 7.00. The van der Waals surface area contributed by atoms with Gasteiger partial charge < -0.3 is 15.0 Å². The fourth-order valence-corrected chi connectivity index (χ4v) is 4.76. The summed E-state index contributed by atoms with van der Waals surface area (Å²) in [7, 11) is 1.60. The maximum atomic E-state index is 13.4. The predicted molar refractivity (Wildman–Crippen MR) is 142 cm³/mol. The van der Waals surface area contributed by atoms with Crippen molar-refractivity contribution in [2.45, 2.75) is 37.9 Å². The fraction of sp³-hybridized carbons (Fsp3) is 0.429. The van der Waals surface area contributed by atoms with Crippen LogP contribution in [-0.4, -0.2) is 66.7 Å². The van der Waals surface area contributed by atoms with E-state index in [0.717, 1.165) is 30.0 Å². The summed E-state index contributed by atoms with van der Waals surface area (Å²) in [4.78, 5) is 41.1. The average Bonchev–Trinajstić information content (AvgIpc) is 3.18. The van der Waals surface area contributed by atoms with Gasteiger partial charge in [0.05, 0.1) is 17.2 Å². The number of carbonyl (C=O) groups is 3. The van der Waals surface area contributed by atoms with Crippen molar-refractivity contribution in [3.8, 4) is 0 Å². The molecule has 8 nitrogen and oxygen atoms in total. The standard InChI is InChI=1S/C28H30ClF3N4O4/c1-40-15-3-2-8-22-24(18-9-11-21(29)12-10-18)34-36(26(22)38)17-23(37)33-25(27(39)35-13-5-14-35)19-6-4-7-20(16-19)28(30,31)32/h4,6-7,9-12,16,22,25H,2-3,5,8,13-15,17H2,1H3,(H,33,37)/t22?,25-/m1/s1. The van der Waals surface area contributed by atoms with E-state index in [2.05, 4.69) is 10.4 Å². The molecule has 2 heterocycles. The lowest BCUT2D eigenvalue weighted by Gasteiger charge is -2.34. The predicted octanol–water partition coefficient (Wildman–Crippen LogP) is 4.43. The highest BCUT2D eigenvalue weighted by Gasteiger charge is 2.38. The monoisotopic (exact) mass is 578 g/mol. The molecule has 12 heteroatoms. The molecule has 2 aromatic carbocycles. The molecule has 0 aliphatic carbocycles. The largest absolute Gasteiger partial charge is 0.416 e. The van der Waals surface area contributed by atoms with Gasteiger partial charge in [-0.3, -0.25) is 14.4 Å². The maximum absolute atomic E-state index is 13.4. The first-order chi connectivity index (χ1) is 19.1. The van der Waals surface area contributed by atoms with Crippen LogP contribution in [-0.2, 0) is 25.3 Å².